The third-order valence-electron chi connectivity index (χ3n) is 5.36. The van der Waals surface area contributed by atoms with Crippen LogP contribution in [-0.4, -0.2) is 72.5 Å². The molecule has 1 saturated heterocycles. The standard InChI is InChI=1S/C21H27N7O2S/c1-15(2)28-14-22-24-21(28)31-13-19(29)27-10-8-26(9-11-27)12-18-23-20(25-30-18)17-7-5-4-6-16(17)3/h4-7,14-15H,8-13H2,1-3H3. The zero-order valence-electron chi connectivity index (χ0n) is 18.1. The second kappa shape index (κ2) is 9.61. The highest BCUT2D eigenvalue weighted by molar-refractivity contribution is 7.99. The molecule has 0 aliphatic carbocycles. The molecule has 0 saturated carbocycles. The van der Waals surface area contributed by atoms with Crippen LogP contribution in [0.15, 0.2) is 40.3 Å². The molecule has 1 fully saturated rings. The van der Waals surface area contributed by atoms with E-state index in [9.17, 15) is 4.79 Å². The number of aromatic nitrogens is 5. The summed E-state index contributed by atoms with van der Waals surface area (Å²) in [4.78, 5) is 21.3. The summed E-state index contributed by atoms with van der Waals surface area (Å²) in [5.74, 6) is 1.71. The number of benzene rings is 1. The van der Waals surface area contributed by atoms with Crippen LogP contribution >= 0.6 is 11.8 Å². The van der Waals surface area contributed by atoms with E-state index >= 15 is 0 Å². The molecule has 0 radical (unpaired) electrons. The SMILES string of the molecule is Cc1ccccc1-c1noc(CN2CCN(C(=O)CSc3nncn3C(C)C)CC2)n1. The van der Waals surface area contributed by atoms with Crippen LogP contribution in [0.5, 0.6) is 0 Å². The minimum atomic E-state index is 0.127. The molecular formula is C21H27N7O2S. The van der Waals surface area contributed by atoms with Gasteiger partial charge in [0, 0.05) is 37.8 Å². The monoisotopic (exact) mass is 441 g/mol. The van der Waals surface area contributed by atoms with E-state index in [1.165, 1.54) is 11.8 Å². The normalized spacial score (nSPS) is 15.0. The summed E-state index contributed by atoms with van der Waals surface area (Å²) < 4.78 is 7.44. The zero-order chi connectivity index (χ0) is 21.8. The lowest BCUT2D eigenvalue weighted by atomic mass is 10.1. The summed E-state index contributed by atoms with van der Waals surface area (Å²) in [6.45, 7) is 9.70. The van der Waals surface area contributed by atoms with Gasteiger partial charge >= 0.3 is 0 Å². The van der Waals surface area contributed by atoms with Crippen molar-refractivity contribution in [2.75, 3.05) is 31.9 Å². The number of nitrogens with zero attached hydrogens (tertiary/aromatic N) is 7. The Morgan fingerprint density at radius 1 is 1.19 bits per heavy atom. The van der Waals surface area contributed by atoms with Gasteiger partial charge in [-0.05, 0) is 26.3 Å². The number of aryl methyl sites for hydroxylation is 1. The van der Waals surface area contributed by atoms with Crippen molar-refractivity contribution >= 4 is 17.7 Å². The topological polar surface area (TPSA) is 93.2 Å². The van der Waals surface area contributed by atoms with Crippen LogP contribution in [0.3, 0.4) is 0 Å². The molecule has 1 amide bonds. The lowest BCUT2D eigenvalue weighted by Gasteiger charge is -2.33. The van der Waals surface area contributed by atoms with Crippen LogP contribution in [0, 0.1) is 6.92 Å². The number of thioether (sulfide) groups is 1. The van der Waals surface area contributed by atoms with Crippen molar-refractivity contribution in [1.82, 2.24) is 34.7 Å². The molecule has 3 aromatic rings. The van der Waals surface area contributed by atoms with Crippen molar-refractivity contribution in [3.05, 3.63) is 42.0 Å². The fraction of sp³-hybridized carbons (Fsp3) is 0.476. The highest BCUT2D eigenvalue weighted by atomic mass is 32.2. The first-order valence-electron chi connectivity index (χ1n) is 10.4. The van der Waals surface area contributed by atoms with Gasteiger partial charge < -0.3 is 14.0 Å². The Kier molecular flexibility index (Phi) is 6.67. The summed E-state index contributed by atoms with van der Waals surface area (Å²) in [6.07, 6.45) is 1.71. The van der Waals surface area contributed by atoms with Crippen LogP contribution in [0.4, 0.5) is 0 Å². The van der Waals surface area contributed by atoms with Gasteiger partial charge in [-0.3, -0.25) is 9.69 Å². The summed E-state index contributed by atoms with van der Waals surface area (Å²) in [6, 6.07) is 8.27. The van der Waals surface area contributed by atoms with Crippen LogP contribution in [0.2, 0.25) is 0 Å². The average molecular weight is 442 g/mol. The molecule has 4 rings (SSSR count). The molecule has 2 aromatic heterocycles. The van der Waals surface area contributed by atoms with Crippen LogP contribution < -0.4 is 0 Å². The Hall–Kier alpha value is -2.72. The first-order valence-corrected chi connectivity index (χ1v) is 11.4. The number of rotatable bonds is 7. The second-order valence-electron chi connectivity index (χ2n) is 7.89. The minimum Gasteiger partial charge on any atom is -0.339 e. The van der Waals surface area contributed by atoms with Crippen molar-refractivity contribution in [3.63, 3.8) is 0 Å². The number of amides is 1. The van der Waals surface area contributed by atoms with Crippen molar-refractivity contribution in [2.24, 2.45) is 0 Å². The molecule has 0 spiro atoms. The lowest BCUT2D eigenvalue weighted by molar-refractivity contribution is -0.130. The van der Waals surface area contributed by atoms with E-state index in [-0.39, 0.29) is 11.9 Å². The van der Waals surface area contributed by atoms with Gasteiger partial charge in [-0.2, -0.15) is 4.98 Å². The van der Waals surface area contributed by atoms with Crippen LogP contribution in [0.25, 0.3) is 11.4 Å². The van der Waals surface area contributed by atoms with Crippen LogP contribution in [0.1, 0.15) is 31.3 Å². The van der Waals surface area contributed by atoms with Crippen molar-refractivity contribution < 1.29 is 9.32 Å². The first-order chi connectivity index (χ1) is 15.0. The average Bonchev–Trinajstić information content (AvgIpc) is 3.42. The number of hydrogen-bond donors (Lipinski definition) is 0. The van der Waals surface area contributed by atoms with Gasteiger partial charge in [-0.15, -0.1) is 10.2 Å². The Labute approximate surface area is 185 Å². The minimum absolute atomic E-state index is 0.127. The van der Waals surface area contributed by atoms with Crippen molar-refractivity contribution in [3.8, 4) is 11.4 Å². The fourth-order valence-corrected chi connectivity index (χ4v) is 4.45. The van der Waals surface area contributed by atoms with Crippen LogP contribution in [-0.2, 0) is 11.3 Å². The maximum absolute atomic E-state index is 12.6. The van der Waals surface area contributed by atoms with Gasteiger partial charge in [0.05, 0.1) is 12.3 Å². The molecule has 1 aromatic carbocycles. The third-order valence-corrected chi connectivity index (χ3v) is 6.30. The fourth-order valence-electron chi connectivity index (χ4n) is 3.51. The number of carbonyl (C=O) groups is 1. The lowest BCUT2D eigenvalue weighted by Crippen LogP contribution is -2.48. The third kappa shape index (κ3) is 5.13. The Morgan fingerprint density at radius 3 is 2.71 bits per heavy atom. The molecular weight excluding hydrogens is 414 g/mol. The van der Waals surface area contributed by atoms with Gasteiger partial charge in [-0.1, -0.05) is 41.2 Å². The maximum atomic E-state index is 12.6. The van der Waals surface area contributed by atoms with E-state index in [0.29, 0.717) is 37.1 Å². The number of carbonyl (C=O) groups excluding carboxylic acids is 1. The molecule has 1 aliphatic heterocycles. The molecule has 3 heterocycles. The number of hydrogen-bond acceptors (Lipinski definition) is 8. The van der Waals surface area contributed by atoms with Gasteiger partial charge in [0.15, 0.2) is 5.16 Å². The number of piperazine rings is 1. The molecule has 9 nitrogen and oxygen atoms in total. The molecule has 0 N–H and O–H groups in total. The van der Waals surface area contributed by atoms with Crippen molar-refractivity contribution in [2.45, 2.75) is 38.5 Å². The van der Waals surface area contributed by atoms with E-state index in [1.807, 2.05) is 40.7 Å². The molecule has 31 heavy (non-hydrogen) atoms. The van der Waals surface area contributed by atoms with E-state index in [1.54, 1.807) is 6.33 Å². The maximum Gasteiger partial charge on any atom is 0.241 e. The highest BCUT2D eigenvalue weighted by Gasteiger charge is 2.23. The predicted molar refractivity (Wildman–Crippen MR) is 117 cm³/mol. The molecule has 164 valence electrons. The molecule has 10 heteroatoms. The van der Waals surface area contributed by atoms with E-state index in [2.05, 4.69) is 39.1 Å². The van der Waals surface area contributed by atoms with Crippen molar-refractivity contribution in [1.29, 1.82) is 0 Å². The van der Waals surface area contributed by atoms with E-state index in [0.717, 1.165) is 29.4 Å². The predicted octanol–water partition coefficient (Wildman–Crippen LogP) is 2.65. The van der Waals surface area contributed by atoms with E-state index < -0.39 is 0 Å². The van der Waals surface area contributed by atoms with Gasteiger partial charge in [0.2, 0.25) is 17.6 Å². The molecule has 0 unspecified atom stereocenters. The Balaban J connectivity index is 1.26. The quantitative estimate of drug-likeness (QED) is 0.517. The van der Waals surface area contributed by atoms with Gasteiger partial charge in [0.25, 0.3) is 0 Å². The van der Waals surface area contributed by atoms with Gasteiger partial charge in [-0.25, -0.2) is 0 Å². The van der Waals surface area contributed by atoms with E-state index in [4.69, 9.17) is 4.52 Å². The summed E-state index contributed by atoms with van der Waals surface area (Å²) >= 11 is 1.44. The summed E-state index contributed by atoms with van der Waals surface area (Å²) in [5.41, 5.74) is 2.10. The highest BCUT2D eigenvalue weighted by Crippen LogP contribution is 2.21. The molecule has 0 bridgehead atoms. The summed E-state index contributed by atoms with van der Waals surface area (Å²) in [5, 5.41) is 13.0. The first kappa shape index (κ1) is 21.5. The zero-order valence-corrected chi connectivity index (χ0v) is 18.9. The second-order valence-corrected chi connectivity index (χ2v) is 8.83. The molecule has 0 atom stereocenters. The largest absolute Gasteiger partial charge is 0.339 e. The Bertz CT molecular complexity index is 1020. The molecule has 1 aliphatic rings. The smallest absolute Gasteiger partial charge is 0.241 e. The summed E-state index contributed by atoms with van der Waals surface area (Å²) in [7, 11) is 0. The van der Waals surface area contributed by atoms with Gasteiger partial charge in [0.1, 0.15) is 6.33 Å². The Morgan fingerprint density at radius 2 is 1.97 bits per heavy atom.